The Kier molecular flexibility index (Phi) is 23.2. The molecule has 0 saturated carbocycles. The maximum absolute atomic E-state index is 8.88. The Bertz CT molecular complexity index is 350. The number of hydrogen-bond acceptors (Lipinski definition) is 6. The lowest BCUT2D eigenvalue weighted by atomic mass is 10.0. The molecule has 10 heteroatoms. The molecular weight excluding hydrogens is 379 g/mol. The molecule has 0 radical (unpaired) electrons. The van der Waals surface area contributed by atoms with Gasteiger partial charge < -0.3 is 19.6 Å². The van der Waals surface area contributed by atoms with Crippen LogP contribution in [0.2, 0.25) is 0 Å². The minimum atomic E-state index is -4.64. The maximum Gasteiger partial charge on any atom is 0.466 e. The van der Waals surface area contributed by atoms with Gasteiger partial charge in [0.05, 0.1) is 6.61 Å². The second kappa shape index (κ2) is 21.8. The van der Waals surface area contributed by atoms with Crippen LogP contribution in [0.15, 0.2) is 12.3 Å². The molecule has 0 aromatic carbocycles. The van der Waals surface area contributed by atoms with Crippen molar-refractivity contribution in [2.75, 3.05) is 6.61 Å². The van der Waals surface area contributed by atoms with Crippen LogP contribution in [0.3, 0.4) is 0 Å². The lowest BCUT2D eigenvalue weighted by Crippen LogP contribution is -1.99. The van der Waals surface area contributed by atoms with E-state index in [1.54, 1.807) is 13.0 Å². The van der Waals surface area contributed by atoms with Crippen molar-refractivity contribution in [3.8, 4) is 0 Å². The van der Waals surface area contributed by atoms with Gasteiger partial charge in [0.15, 0.2) is 0 Å². The van der Waals surface area contributed by atoms with Gasteiger partial charge in [-0.3, -0.25) is 0 Å². The summed E-state index contributed by atoms with van der Waals surface area (Å²) in [6.07, 6.45) is 15.9. The summed E-state index contributed by atoms with van der Waals surface area (Å²) < 4.78 is 8.88. The lowest BCUT2D eigenvalue weighted by Gasteiger charge is -2.04. The molecule has 9 nitrogen and oxygen atoms in total. The molecule has 0 bridgehead atoms. The summed E-state index contributed by atoms with van der Waals surface area (Å²) in [6.45, 7) is 6.87. The lowest BCUT2D eigenvalue weighted by molar-refractivity contribution is -0.700. The zero-order valence-electron chi connectivity index (χ0n) is 16.7. The first-order valence-corrected chi connectivity index (χ1v) is 11.0. The quantitative estimate of drug-likeness (QED) is 0.0999. The maximum atomic E-state index is 8.88. The van der Waals surface area contributed by atoms with E-state index in [0.29, 0.717) is 6.61 Å². The van der Waals surface area contributed by atoms with E-state index in [1.807, 2.05) is 0 Å². The Hall–Kier alpha value is -0.510. The Morgan fingerprint density at radius 3 is 1.78 bits per heavy atom. The van der Waals surface area contributed by atoms with E-state index < -0.39 is 7.82 Å². The average molecular weight is 416 g/mol. The fourth-order valence-electron chi connectivity index (χ4n) is 2.11. The van der Waals surface area contributed by atoms with Crippen LogP contribution in [0, 0.1) is 5.92 Å². The van der Waals surface area contributed by atoms with Crippen molar-refractivity contribution >= 4 is 7.82 Å². The highest BCUT2D eigenvalue weighted by molar-refractivity contribution is 7.45. The molecule has 0 aliphatic carbocycles. The second-order valence-electron chi connectivity index (χ2n) is 6.47. The standard InChI is InChI=1S/C17H34O5.H3O4P/c1-4-15-18-20-22-21-19-16-13-11-9-7-5-6-8-10-12-14-17(2)3;1-5(2,3)4/h4,15,17H,5-14,16H2,1-3H3;(H3,1,2,3,4). The predicted molar refractivity (Wildman–Crippen MR) is 100 cm³/mol. The summed E-state index contributed by atoms with van der Waals surface area (Å²) in [7, 11) is -4.64. The second-order valence-corrected chi connectivity index (χ2v) is 7.50. The number of hydrogen-bond donors (Lipinski definition) is 3. The smallest absolute Gasteiger partial charge is 0.314 e. The monoisotopic (exact) mass is 416 g/mol. The van der Waals surface area contributed by atoms with Gasteiger partial charge in [-0.2, -0.15) is 0 Å². The van der Waals surface area contributed by atoms with Crippen molar-refractivity contribution < 1.29 is 44.1 Å². The van der Waals surface area contributed by atoms with E-state index in [-0.39, 0.29) is 0 Å². The molecule has 27 heavy (non-hydrogen) atoms. The van der Waals surface area contributed by atoms with Crippen LogP contribution >= 0.6 is 7.82 Å². The Morgan fingerprint density at radius 1 is 0.815 bits per heavy atom. The summed E-state index contributed by atoms with van der Waals surface area (Å²) in [5.74, 6) is 0.851. The average Bonchev–Trinajstić information content (AvgIpc) is 2.56. The van der Waals surface area contributed by atoms with Crippen molar-refractivity contribution in [3.63, 3.8) is 0 Å². The first kappa shape index (κ1) is 28.7. The van der Waals surface area contributed by atoms with Gasteiger partial charge in [0.2, 0.25) is 0 Å². The third kappa shape index (κ3) is 41.1. The van der Waals surface area contributed by atoms with Crippen LogP contribution < -0.4 is 0 Å². The molecule has 0 rings (SSSR count). The van der Waals surface area contributed by atoms with Crippen LogP contribution in [0.4, 0.5) is 0 Å². The zero-order valence-corrected chi connectivity index (χ0v) is 17.6. The van der Waals surface area contributed by atoms with Crippen molar-refractivity contribution in [1.29, 1.82) is 0 Å². The van der Waals surface area contributed by atoms with E-state index in [0.717, 1.165) is 18.8 Å². The number of phosphoric acid groups is 1. The van der Waals surface area contributed by atoms with Gasteiger partial charge in [-0.25, -0.2) is 9.45 Å². The summed E-state index contributed by atoms with van der Waals surface area (Å²) in [5.41, 5.74) is 0. The van der Waals surface area contributed by atoms with E-state index in [4.69, 9.17) is 24.1 Å². The Labute approximate surface area is 162 Å². The van der Waals surface area contributed by atoms with Crippen molar-refractivity contribution in [3.05, 3.63) is 12.3 Å². The molecular formula is C17H37O9P. The van der Waals surface area contributed by atoms with Gasteiger partial charge in [0.1, 0.15) is 6.26 Å². The van der Waals surface area contributed by atoms with Gasteiger partial charge >= 0.3 is 7.82 Å². The topological polar surface area (TPSA) is 124 Å². The van der Waals surface area contributed by atoms with E-state index >= 15 is 0 Å². The minimum Gasteiger partial charge on any atom is -0.314 e. The van der Waals surface area contributed by atoms with Crippen molar-refractivity contribution in [2.24, 2.45) is 5.92 Å². The van der Waals surface area contributed by atoms with Crippen LogP contribution in [0.1, 0.15) is 85.0 Å². The highest BCUT2D eigenvalue weighted by atomic mass is 31.2. The van der Waals surface area contributed by atoms with E-state index in [1.165, 1.54) is 57.6 Å². The van der Waals surface area contributed by atoms with Gasteiger partial charge in [0, 0.05) is 10.1 Å². The van der Waals surface area contributed by atoms with Gasteiger partial charge in [-0.05, 0) is 30.4 Å². The molecule has 0 amide bonds. The van der Waals surface area contributed by atoms with Gasteiger partial charge in [-0.15, -0.1) is 0 Å². The molecule has 0 aromatic rings. The first-order valence-electron chi connectivity index (χ1n) is 9.45. The first-order chi connectivity index (χ1) is 12.8. The highest BCUT2D eigenvalue weighted by Crippen LogP contribution is 2.25. The minimum absolute atomic E-state index is 0.488. The predicted octanol–water partition coefficient (Wildman–Crippen LogP) is 4.89. The summed E-state index contributed by atoms with van der Waals surface area (Å²) in [4.78, 5) is 30.7. The number of unbranched alkanes of at least 4 members (excludes halogenated alkanes) is 8. The molecule has 0 aliphatic heterocycles. The van der Waals surface area contributed by atoms with Crippen LogP contribution in [0.5, 0.6) is 0 Å². The molecule has 0 saturated heterocycles. The fraction of sp³-hybridized carbons (Fsp3) is 0.882. The molecule has 3 N–H and O–H groups in total. The van der Waals surface area contributed by atoms with Crippen molar-refractivity contribution in [2.45, 2.75) is 85.0 Å². The van der Waals surface area contributed by atoms with Gasteiger partial charge in [0.25, 0.3) is 0 Å². The number of rotatable bonds is 17. The molecule has 0 atom stereocenters. The largest absolute Gasteiger partial charge is 0.466 e. The summed E-state index contributed by atoms with van der Waals surface area (Å²) in [5, 5.41) is 12.6. The number of allylic oxidation sites excluding steroid dienone is 1. The van der Waals surface area contributed by atoms with E-state index in [2.05, 4.69) is 33.8 Å². The third-order valence-electron chi connectivity index (χ3n) is 3.34. The zero-order chi connectivity index (χ0) is 20.8. The molecule has 0 aromatic heterocycles. The van der Waals surface area contributed by atoms with Crippen LogP contribution in [0.25, 0.3) is 0 Å². The molecule has 0 unspecified atom stereocenters. The molecule has 0 fully saturated rings. The summed E-state index contributed by atoms with van der Waals surface area (Å²) >= 11 is 0. The van der Waals surface area contributed by atoms with Gasteiger partial charge in [-0.1, -0.05) is 71.6 Å². The molecule has 0 aliphatic rings. The normalized spacial score (nSPS) is 11.7. The Morgan fingerprint density at radius 2 is 1.30 bits per heavy atom. The fourth-order valence-corrected chi connectivity index (χ4v) is 2.11. The van der Waals surface area contributed by atoms with E-state index in [9.17, 15) is 0 Å². The summed E-state index contributed by atoms with van der Waals surface area (Å²) in [6, 6.07) is 0. The SMILES string of the molecule is CC=COOOOOCCCCCCCCCCCC(C)C.O=P(O)(O)O. The highest BCUT2D eigenvalue weighted by Gasteiger charge is 2.00. The molecule has 164 valence electrons. The molecule has 0 spiro atoms. The van der Waals surface area contributed by atoms with Crippen LogP contribution in [-0.4, -0.2) is 21.3 Å². The molecule has 0 heterocycles. The van der Waals surface area contributed by atoms with Crippen molar-refractivity contribution in [1.82, 2.24) is 0 Å². The Balaban J connectivity index is 0. The van der Waals surface area contributed by atoms with Crippen LogP contribution in [-0.2, 0) is 29.5 Å². The third-order valence-corrected chi connectivity index (χ3v) is 3.34.